The Morgan fingerprint density at radius 1 is 1.12 bits per heavy atom. The zero-order valence-electron chi connectivity index (χ0n) is 11.2. The Morgan fingerprint density at radius 2 is 1.75 bits per heavy atom. The minimum absolute atomic E-state index is 0.191. The minimum Gasteiger partial charge on any atom is -0.316 e. The maximum absolute atomic E-state index is 11.9. The zero-order chi connectivity index (χ0) is 12.0. The third-order valence-electron chi connectivity index (χ3n) is 3.99. The molecule has 1 nitrogen and oxygen atoms in total. The van der Waals surface area contributed by atoms with E-state index in [1.807, 2.05) is 0 Å². The van der Waals surface area contributed by atoms with Crippen LogP contribution in [0.1, 0.15) is 52.9 Å². The van der Waals surface area contributed by atoms with Gasteiger partial charge in [0.2, 0.25) is 0 Å². The van der Waals surface area contributed by atoms with Crippen LogP contribution in [-0.4, -0.2) is 19.8 Å². The Morgan fingerprint density at radius 3 is 2.25 bits per heavy atom. The lowest BCUT2D eigenvalue weighted by atomic mass is 9.70. The van der Waals surface area contributed by atoms with Crippen LogP contribution in [0, 0.1) is 17.3 Å². The Bertz CT molecular complexity index is 178. The molecule has 0 spiro atoms. The van der Waals surface area contributed by atoms with E-state index < -0.39 is 0 Å². The molecule has 0 bridgehead atoms. The van der Waals surface area contributed by atoms with Gasteiger partial charge in [0, 0.05) is 0 Å². The van der Waals surface area contributed by atoms with Crippen molar-refractivity contribution < 1.29 is 4.39 Å². The molecule has 1 aliphatic rings. The summed E-state index contributed by atoms with van der Waals surface area (Å²) in [6, 6.07) is 0. The lowest BCUT2D eigenvalue weighted by molar-refractivity contribution is 0.149. The summed E-state index contributed by atoms with van der Waals surface area (Å²) in [4.78, 5) is 0. The maximum atomic E-state index is 11.9. The molecule has 0 atom stereocenters. The smallest absolute Gasteiger partial charge is 0.0906 e. The number of alkyl halides is 1. The van der Waals surface area contributed by atoms with Gasteiger partial charge in [0.05, 0.1) is 6.67 Å². The zero-order valence-corrected chi connectivity index (χ0v) is 11.2. The summed E-state index contributed by atoms with van der Waals surface area (Å²) in [6.07, 6.45) is 6.12. The predicted molar refractivity (Wildman–Crippen MR) is 68.4 cm³/mol. The van der Waals surface area contributed by atoms with E-state index in [4.69, 9.17) is 0 Å². The van der Waals surface area contributed by atoms with Gasteiger partial charge in [-0.3, -0.25) is 4.39 Å². The fraction of sp³-hybridized carbons (Fsp3) is 1.00. The van der Waals surface area contributed by atoms with Gasteiger partial charge in [-0.1, -0.05) is 20.8 Å². The molecule has 1 rings (SSSR count). The topological polar surface area (TPSA) is 12.0 Å². The molecule has 1 saturated carbocycles. The van der Waals surface area contributed by atoms with E-state index in [9.17, 15) is 4.39 Å². The summed E-state index contributed by atoms with van der Waals surface area (Å²) in [6.45, 7) is 8.82. The lowest BCUT2D eigenvalue weighted by Gasteiger charge is -2.37. The first kappa shape index (κ1) is 14.0. The van der Waals surface area contributed by atoms with Gasteiger partial charge in [0.15, 0.2) is 0 Å². The first-order valence-electron chi connectivity index (χ1n) is 6.80. The normalized spacial score (nSPS) is 27.0. The van der Waals surface area contributed by atoms with Crippen LogP contribution in [0.5, 0.6) is 0 Å². The summed E-state index contributed by atoms with van der Waals surface area (Å²) in [7, 11) is 0. The summed E-state index contributed by atoms with van der Waals surface area (Å²) < 4.78 is 11.9. The lowest BCUT2D eigenvalue weighted by Crippen LogP contribution is -2.31. The Balaban J connectivity index is 2.12. The van der Waals surface area contributed by atoms with Crippen molar-refractivity contribution in [3.05, 3.63) is 0 Å². The highest BCUT2D eigenvalue weighted by Gasteiger charge is 2.29. The van der Waals surface area contributed by atoms with Crippen LogP contribution in [0.25, 0.3) is 0 Å². The van der Waals surface area contributed by atoms with Gasteiger partial charge in [-0.25, -0.2) is 0 Å². The summed E-state index contributed by atoms with van der Waals surface area (Å²) in [5, 5.41) is 3.37. The average Bonchev–Trinajstić information content (AvgIpc) is 2.24. The number of rotatable bonds is 5. The molecule has 0 aliphatic heterocycles. The highest BCUT2D eigenvalue weighted by Crippen LogP contribution is 2.39. The van der Waals surface area contributed by atoms with Crippen molar-refractivity contribution in [3.8, 4) is 0 Å². The summed E-state index contributed by atoms with van der Waals surface area (Å²) in [5.41, 5.74) is 0.479. The van der Waals surface area contributed by atoms with Gasteiger partial charge < -0.3 is 5.32 Å². The monoisotopic (exact) mass is 229 g/mol. The molecule has 0 unspecified atom stereocenters. The highest BCUT2D eigenvalue weighted by molar-refractivity contribution is 4.81. The Labute approximate surface area is 100 Å². The van der Waals surface area contributed by atoms with Crippen LogP contribution < -0.4 is 5.32 Å². The van der Waals surface area contributed by atoms with Crippen LogP contribution in [0.3, 0.4) is 0 Å². The third-order valence-corrected chi connectivity index (χ3v) is 3.99. The number of hydrogen-bond acceptors (Lipinski definition) is 1. The summed E-state index contributed by atoms with van der Waals surface area (Å²) in [5.74, 6) is 1.73. The second kappa shape index (κ2) is 6.58. The maximum Gasteiger partial charge on any atom is 0.0906 e. The molecular formula is C14H28FN. The van der Waals surface area contributed by atoms with Gasteiger partial charge in [0.25, 0.3) is 0 Å². The summed E-state index contributed by atoms with van der Waals surface area (Å²) >= 11 is 0. The second-order valence-electron chi connectivity index (χ2n) is 6.33. The van der Waals surface area contributed by atoms with E-state index in [0.29, 0.717) is 11.8 Å². The molecule has 1 aliphatic carbocycles. The van der Waals surface area contributed by atoms with E-state index >= 15 is 0 Å². The molecule has 2 heteroatoms. The van der Waals surface area contributed by atoms with E-state index in [1.54, 1.807) is 0 Å². The molecule has 0 aromatic heterocycles. The van der Waals surface area contributed by atoms with Crippen LogP contribution in [-0.2, 0) is 0 Å². The Kier molecular flexibility index (Phi) is 5.74. The molecule has 0 saturated heterocycles. The molecule has 0 amide bonds. The Hall–Kier alpha value is -0.110. The first-order chi connectivity index (χ1) is 7.54. The molecule has 1 N–H and O–H groups in total. The molecular weight excluding hydrogens is 201 g/mol. The first-order valence-corrected chi connectivity index (χ1v) is 6.80. The van der Waals surface area contributed by atoms with Crippen LogP contribution in [0.2, 0.25) is 0 Å². The fourth-order valence-corrected chi connectivity index (χ4v) is 2.73. The molecule has 0 radical (unpaired) electrons. The minimum atomic E-state index is -0.191. The van der Waals surface area contributed by atoms with Crippen molar-refractivity contribution in [3.63, 3.8) is 0 Å². The van der Waals surface area contributed by atoms with Crippen molar-refractivity contribution in [1.29, 1.82) is 0 Å². The quantitative estimate of drug-likeness (QED) is 0.707. The van der Waals surface area contributed by atoms with Gasteiger partial charge in [-0.2, -0.15) is 0 Å². The molecule has 1 fully saturated rings. The number of nitrogens with one attached hydrogen (secondary N) is 1. The van der Waals surface area contributed by atoms with Gasteiger partial charge in [-0.05, 0) is 62.4 Å². The van der Waals surface area contributed by atoms with E-state index in [1.165, 1.54) is 25.7 Å². The van der Waals surface area contributed by atoms with Crippen LogP contribution in [0.4, 0.5) is 4.39 Å². The molecule has 16 heavy (non-hydrogen) atoms. The van der Waals surface area contributed by atoms with Crippen molar-refractivity contribution in [2.24, 2.45) is 17.3 Å². The third kappa shape index (κ3) is 4.82. The standard InChI is InChI=1S/C14H28FN/c1-14(2,3)13-7-5-12(6-8-13)11-16-10-4-9-15/h12-13,16H,4-11H2,1-3H3. The number of hydrogen-bond donors (Lipinski definition) is 1. The van der Waals surface area contributed by atoms with Crippen molar-refractivity contribution in [2.75, 3.05) is 19.8 Å². The van der Waals surface area contributed by atoms with Crippen molar-refractivity contribution in [1.82, 2.24) is 5.32 Å². The SMILES string of the molecule is CC(C)(C)C1CCC(CNCCCF)CC1. The predicted octanol–water partition coefficient (Wildman–Crippen LogP) is 3.79. The molecule has 96 valence electrons. The van der Waals surface area contributed by atoms with Gasteiger partial charge in [-0.15, -0.1) is 0 Å². The second-order valence-corrected chi connectivity index (χ2v) is 6.33. The van der Waals surface area contributed by atoms with Gasteiger partial charge in [0.1, 0.15) is 0 Å². The van der Waals surface area contributed by atoms with Crippen LogP contribution in [0.15, 0.2) is 0 Å². The van der Waals surface area contributed by atoms with E-state index in [-0.39, 0.29) is 6.67 Å². The fourth-order valence-electron chi connectivity index (χ4n) is 2.73. The molecule has 0 heterocycles. The number of halogens is 1. The van der Waals surface area contributed by atoms with Crippen molar-refractivity contribution >= 4 is 0 Å². The largest absolute Gasteiger partial charge is 0.316 e. The van der Waals surface area contributed by atoms with Crippen LogP contribution >= 0.6 is 0 Å². The molecule has 0 aromatic rings. The van der Waals surface area contributed by atoms with Crippen molar-refractivity contribution in [2.45, 2.75) is 52.9 Å². The van der Waals surface area contributed by atoms with E-state index in [0.717, 1.165) is 24.9 Å². The average molecular weight is 229 g/mol. The highest BCUT2D eigenvalue weighted by atomic mass is 19.1. The molecule has 0 aromatic carbocycles. The van der Waals surface area contributed by atoms with Gasteiger partial charge >= 0.3 is 0 Å². The van der Waals surface area contributed by atoms with E-state index in [2.05, 4.69) is 26.1 Å².